The molecule has 10 heteroatoms. The average Bonchev–Trinajstić information content (AvgIpc) is 3.11. The second kappa shape index (κ2) is 9.96. The van der Waals surface area contributed by atoms with Gasteiger partial charge in [0.05, 0.1) is 11.6 Å². The van der Waals surface area contributed by atoms with Gasteiger partial charge in [-0.05, 0) is 75.1 Å². The first kappa shape index (κ1) is 26.9. The van der Waals surface area contributed by atoms with Crippen molar-refractivity contribution in [3.8, 4) is 5.75 Å². The van der Waals surface area contributed by atoms with Crippen molar-refractivity contribution in [3.05, 3.63) is 80.9 Å². The molecule has 1 unspecified atom stereocenters. The molecule has 0 saturated carbocycles. The molecule has 1 atom stereocenters. The van der Waals surface area contributed by atoms with E-state index in [1.807, 2.05) is 50.8 Å². The van der Waals surface area contributed by atoms with E-state index in [-0.39, 0.29) is 15.9 Å². The molecule has 1 aromatic heterocycles. The molecule has 3 aromatic rings. The number of amides is 1. The number of rotatable bonds is 7. The van der Waals surface area contributed by atoms with Gasteiger partial charge in [0.25, 0.3) is 15.9 Å². The standard InChI is InChI=1S/C27H31ClN4O4S/c1-6-36-23-9-7-8-21-20(23)15-32(14-19-17(3)12-16(2)13-18(19)4)27(21,5)26(33)31-37(34,35)24-11-10-22(28)25(29)30-24/h7-13H,6,14-15H2,1-5H3,(H2,29,30)(H,31,33). The van der Waals surface area contributed by atoms with E-state index in [2.05, 4.69) is 21.8 Å². The first-order chi connectivity index (χ1) is 17.4. The first-order valence-corrected chi connectivity index (χ1v) is 13.8. The number of pyridine rings is 1. The third-order valence-electron chi connectivity index (χ3n) is 6.92. The number of ether oxygens (including phenoxy) is 1. The fourth-order valence-electron chi connectivity index (χ4n) is 4.99. The number of benzene rings is 2. The van der Waals surface area contributed by atoms with Crippen LogP contribution in [0, 0.1) is 20.8 Å². The second-order valence-corrected chi connectivity index (χ2v) is 11.5. The number of nitrogens with two attached hydrogens (primary N) is 1. The van der Waals surface area contributed by atoms with E-state index in [0.29, 0.717) is 31.0 Å². The number of hydrogen-bond acceptors (Lipinski definition) is 7. The molecule has 37 heavy (non-hydrogen) atoms. The molecule has 196 valence electrons. The highest BCUT2D eigenvalue weighted by Crippen LogP contribution is 2.44. The highest BCUT2D eigenvalue weighted by Gasteiger charge is 2.49. The van der Waals surface area contributed by atoms with Crippen LogP contribution in [0.25, 0.3) is 0 Å². The first-order valence-electron chi connectivity index (χ1n) is 11.9. The smallest absolute Gasteiger partial charge is 0.281 e. The van der Waals surface area contributed by atoms with Crippen LogP contribution in [-0.4, -0.2) is 30.8 Å². The molecule has 0 spiro atoms. The predicted octanol–water partition coefficient (Wildman–Crippen LogP) is 4.38. The quantitative estimate of drug-likeness (QED) is 0.455. The maximum absolute atomic E-state index is 13.9. The second-order valence-electron chi connectivity index (χ2n) is 9.47. The van der Waals surface area contributed by atoms with E-state index in [4.69, 9.17) is 22.1 Å². The van der Waals surface area contributed by atoms with Crippen molar-refractivity contribution in [2.45, 2.75) is 58.3 Å². The van der Waals surface area contributed by atoms with Gasteiger partial charge in [-0.3, -0.25) is 9.69 Å². The third-order valence-corrected chi connectivity index (χ3v) is 8.47. The molecule has 0 fully saturated rings. The Morgan fingerprint density at radius 3 is 2.49 bits per heavy atom. The van der Waals surface area contributed by atoms with Crippen LogP contribution in [0.2, 0.25) is 5.02 Å². The Labute approximate surface area is 222 Å². The summed E-state index contributed by atoms with van der Waals surface area (Å²) in [6, 6.07) is 12.3. The molecule has 8 nitrogen and oxygen atoms in total. The number of nitrogens with one attached hydrogen (secondary N) is 1. The van der Waals surface area contributed by atoms with E-state index >= 15 is 0 Å². The Morgan fingerprint density at radius 2 is 1.86 bits per heavy atom. The summed E-state index contributed by atoms with van der Waals surface area (Å²) >= 11 is 5.90. The van der Waals surface area contributed by atoms with E-state index in [9.17, 15) is 13.2 Å². The maximum Gasteiger partial charge on any atom is 0.281 e. The summed E-state index contributed by atoms with van der Waals surface area (Å²) in [4.78, 5) is 19.7. The Bertz CT molecular complexity index is 1470. The van der Waals surface area contributed by atoms with Crippen LogP contribution in [0.3, 0.4) is 0 Å². The fourth-order valence-corrected chi connectivity index (χ4v) is 6.11. The van der Waals surface area contributed by atoms with Gasteiger partial charge in [-0.25, -0.2) is 9.71 Å². The predicted molar refractivity (Wildman–Crippen MR) is 144 cm³/mol. The highest BCUT2D eigenvalue weighted by atomic mass is 35.5. The molecule has 0 radical (unpaired) electrons. The molecule has 4 rings (SSSR count). The molecule has 1 amide bonds. The summed E-state index contributed by atoms with van der Waals surface area (Å²) in [5.41, 5.74) is 10.4. The lowest BCUT2D eigenvalue weighted by molar-refractivity contribution is -0.131. The number of carbonyl (C=O) groups is 1. The van der Waals surface area contributed by atoms with E-state index in [0.717, 1.165) is 27.8 Å². The zero-order valence-corrected chi connectivity index (χ0v) is 23.1. The molecular formula is C27H31ClN4O4S. The van der Waals surface area contributed by atoms with Crippen molar-refractivity contribution < 1.29 is 17.9 Å². The van der Waals surface area contributed by atoms with Gasteiger partial charge < -0.3 is 10.5 Å². The fraction of sp³-hybridized carbons (Fsp3) is 0.333. The van der Waals surface area contributed by atoms with Crippen LogP contribution >= 0.6 is 11.6 Å². The molecule has 3 N–H and O–H groups in total. The maximum atomic E-state index is 13.9. The molecular weight excluding hydrogens is 512 g/mol. The van der Waals surface area contributed by atoms with Crippen molar-refractivity contribution in [1.29, 1.82) is 0 Å². The minimum atomic E-state index is -4.32. The monoisotopic (exact) mass is 542 g/mol. The lowest BCUT2D eigenvalue weighted by Crippen LogP contribution is -2.52. The summed E-state index contributed by atoms with van der Waals surface area (Å²) in [6.45, 7) is 11.1. The van der Waals surface area contributed by atoms with Crippen LogP contribution in [0.4, 0.5) is 5.82 Å². The van der Waals surface area contributed by atoms with Gasteiger partial charge in [0.2, 0.25) is 0 Å². The molecule has 1 aliphatic rings. The number of nitrogen functional groups attached to an aromatic ring is 1. The van der Waals surface area contributed by atoms with Crippen molar-refractivity contribution in [3.63, 3.8) is 0 Å². The largest absolute Gasteiger partial charge is 0.494 e. The van der Waals surface area contributed by atoms with Crippen LogP contribution in [0.1, 0.15) is 47.2 Å². The summed E-state index contributed by atoms with van der Waals surface area (Å²) in [5, 5.41) is -0.259. The number of carbonyl (C=O) groups excluding carboxylic acids is 1. The Morgan fingerprint density at radius 1 is 1.19 bits per heavy atom. The van der Waals surface area contributed by atoms with Gasteiger partial charge in [0.15, 0.2) is 5.03 Å². The molecule has 0 saturated heterocycles. The van der Waals surface area contributed by atoms with Crippen LogP contribution in [0.15, 0.2) is 47.5 Å². The lowest BCUT2D eigenvalue weighted by atomic mass is 9.89. The van der Waals surface area contributed by atoms with Gasteiger partial charge in [0, 0.05) is 18.7 Å². The molecule has 2 aromatic carbocycles. The Hall–Kier alpha value is -3.14. The van der Waals surface area contributed by atoms with Gasteiger partial charge in [-0.2, -0.15) is 8.42 Å². The molecule has 2 heterocycles. The molecule has 0 aliphatic carbocycles. The summed E-state index contributed by atoms with van der Waals surface area (Å²) in [5.74, 6) is -0.158. The number of aryl methyl sites for hydroxylation is 3. The van der Waals surface area contributed by atoms with E-state index in [1.165, 1.54) is 12.1 Å². The number of anilines is 1. The minimum absolute atomic E-state index is 0.125. The average molecular weight is 543 g/mol. The van der Waals surface area contributed by atoms with Crippen LogP contribution in [0.5, 0.6) is 5.75 Å². The molecule has 0 bridgehead atoms. The van der Waals surface area contributed by atoms with Crippen LogP contribution in [-0.2, 0) is 33.4 Å². The molecule has 1 aliphatic heterocycles. The van der Waals surface area contributed by atoms with E-state index in [1.54, 1.807) is 6.92 Å². The van der Waals surface area contributed by atoms with Gasteiger partial charge in [-0.15, -0.1) is 0 Å². The normalized spacial score (nSPS) is 17.5. The van der Waals surface area contributed by atoms with Gasteiger partial charge in [0.1, 0.15) is 17.1 Å². The zero-order valence-electron chi connectivity index (χ0n) is 21.6. The number of hydrogen-bond donors (Lipinski definition) is 2. The Kier molecular flexibility index (Phi) is 7.25. The summed E-state index contributed by atoms with van der Waals surface area (Å²) < 4.78 is 34.4. The Balaban J connectivity index is 1.78. The topological polar surface area (TPSA) is 115 Å². The number of nitrogens with zero attached hydrogens (tertiary/aromatic N) is 2. The summed E-state index contributed by atoms with van der Waals surface area (Å²) in [6.07, 6.45) is 0. The minimum Gasteiger partial charge on any atom is -0.494 e. The lowest BCUT2D eigenvalue weighted by Gasteiger charge is -2.35. The zero-order chi connectivity index (χ0) is 27.1. The van der Waals surface area contributed by atoms with Crippen molar-refractivity contribution >= 4 is 33.3 Å². The SMILES string of the molecule is CCOc1cccc2c1CN(Cc1c(C)cc(C)cc1C)C2(C)C(=O)NS(=O)(=O)c1ccc(Cl)c(N)n1. The van der Waals surface area contributed by atoms with Crippen molar-refractivity contribution in [2.75, 3.05) is 12.3 Å². The summed E-state index contributed by atoms with van der Waals surface area (Å²) in [7, 11) is -4.32. The number of aromatic nitrogens is 1. The van der Waals surface area contributed by atoms with E-state index < -0.39 is 21.5 Å². The third kappa shape index (κ3) is 4.91. The van der Waals surface area contributed by atoms with Crippen molar-refractivity contribution in [2.24, 2.45) is 0 Å². The van der Waals surface area contributed by atoms with Crippen LogP contribution < -0.4 is 15.2 Å². The number of halogens is 1. The highest BCUT2D eigenvalue weighted by molar-refractivity contribution is 7.90. The number of fused-ring (bicyclic) bond motifs is 1. The van der Waals surface area contributed by atoms with Gasteiger partial charge in [-0.1, -0.05) is 41.4 Å². The van der Waals surface area contributed by atoms with Gasteiger partial charge >= 0.3 is 0 Å². The van der Waals surface area contributed by atoms with Crippen molar-refractivity contribution in [1.82, 2.24) is 14.6 Å². The number of sulfonamides is 1.